The molecule has 0 fully saturated rings. The highest BCUT2D eigenvalue weighted by Gasteiger charge is 2.07. The van der Waals surface area contributed by atoms with Gasteiger partial charge in [0.05, 0.1) is 10.2 Å². The van der Waals surface area contributed by atoms with Crippen LogP contribution in [-0.4, -0.2) is 15.1 Å². The summed E-state index contributed by atoms with van der Waals surface area (Å²) in [6.07, 6.45) is 1.41. The summed E-state index contributed by atoms with van der Waals surface area (Å²) in [4.78, 5) is 7.88. The van der Waals surface area contributed by atoms with Gasteiger partial charge in [-0.05, 0) is 24.3 Å². The van der Waals surface area contributed by atoms with Crippen LogP contribution in [0.1, 0.15) is 0 Å². The summed E-state index contributed by atoms with van der Waals surface area (Å²) in [6, 6.07) is 8.02. The van der Waals surface area contributed by atoms with Crippen LogP contribution in [0.3, 0.4) is 0 Å². The number of aromatic nitrogens is 2. The van der Waals surface area contributed by atoms with E-state index in [1.165, 1.54) is 23.6 Å². The third-order valence-corrected chi connectivity index (χ3v) is 3.41. The molecule has 0 atom stereocenters. The minimum Gasteiger partial charge on any atom is -0.508 e. The second kappa shape index (κ2) is 3.78. The van der Waals surface area contributed by atoms with E-state index >= 15 is 0 Å². The van der Waals surface area contributed by atoms with Gasteiger partial charge in [-0.15, -0.1) is 11.3 Å². The van der Waals surface area contributed by atoms with Crippen LogP contribution >= 0.6 is 11.3 Å². The molecule has 3 rings (SSSR count). The molecule has 3 nitrogen and oxygen atoms in total. The standard InChI is InChI=1S/C12H7FN2OS/c13-11-5-7(3-4-14-11)12-15-9-2-1-8(16)6-10(9)17-12/h1-6,16H/i13-1. The lowest BCUT2D eigenvalue weighted by molar-refractivity contribution is 0.476. The number of phenolic OH excluding ortho intramolecular Hbond substituents is 1. The molecule has 3 aromatic rings. The Morgan fingerprint density at radius 2 is 2.06 bits per heavy atom. The number of thiazole rings is 1. The maximum absolute atomic E-state index is 13.0. The van der Waals surface area contributed by atoms with Crippen molar-refractivity contribution in [1.29, 1.82) is 0 Å². The monoisotopic (exact) mass is 245 g/mol. The van der Waals surface area contributed by atoms with E-state index in [4.69, 9.17) is 0 Å². The highest BCUT2D eigenvalue weighted by Crippen LogP contribution is 2.31. The van der Waals surface area contributed by atoms with Gasteiger partial charge in [0.1, 0.15) is 10.8 Å². The lowest BCUT2D eigenvalue weighted by atomic mass is 10.3. The predicted octanol–water partition coefficient (Wildman–Crippen LogP) is 3.20. The molecule has 84 valence electrons. The first-order chi connectivity index (χ1) is 8.22. The molecule has 0 unspecified atom stereocenters. The number of rotatable bonds is 1. The molecule has 1 aromatic carbocycles. The predicted molar refractivity (Wildman–Crippen MR) is 64.5 cm³/mol. The van der Waals surface area contributed by atoms with Gasteiger partial charge in [-0.2, -0.15) is 4.39 Å². The van der Waals surface area contributed by atoms with Crippen LogP contribution in [0.4, 0.5) is 4.39 Å². The first kappa shape index (κ1) is 10.2. The molecule has 0 bridgehead atoms. The Morgan fingerprint density at radius 3 is 2.88 bits per heavy atom. The van der Waals surface area contributed by atoms with E-state index < -0.39 is 5.95 Å². The molecule has 17 heavy (non-hydrogen) atoms. The third-order valence-electron chi connectivity index (χ3n) is 2.35. The van der Waals surface area contributed by atoms with Crippen molar-refractivity contribution in [2.45, 2.75) is 0 Å². The first-order valence-corrected chi connectivity index (χ1v) is 5.75. The third kappa shape index (κ3) is 1.85. The molecule has 1 N–H and O–H groups in total. The molecule has 0 spiro atoms. The minimum absolute atomic E-state index is 0.202. The van der Waals surface area contributed by atoms with Gasteiger partial charge in [-0.1, -0.05) is 0 Å². The number of hydrogen-bond acceptors (Lipinski definition) is 4. The number of nitrogens with zero attached hydrogens (tertiary/aromatic N) is 2. The molecule has 0 aliphatic rings. The van der Waals surface area contributed by atoms with Crippen molar-refractivity contribution in [2.24, 2.45) is 0 Å². The first-order valence-electron chi connectivity index (χ1n) is 4.94. The fraction of sp³-hybridized carbons (Fsp3) is 0. The summed E-state index contributed by atoms with van der Waals surface area (Å²) in [7, 11) is 0. The van der Waals surface area contributed by atoms with Gasteiger partial charge in [0, 0.05) is 17.8 Å². The van der Waals surface area contributed by atoms with Crippen LogP contribution in [0.15, 0.2) is 36.5 Å². The number of pyridine rings is 1. The maximum atomic E-state index is 13.0. The largest absolute Gasteiger partial charge is 0.508 e. The molecule has 5 heteroatoms. The number of hydrogen-bond donors (Lipinski definition) is 1. The molecule has 0 radical (unpaired) electrons. The Hall–Kier alpha value is -2.01. The second-order valence-electron chi connectivity index (χ2n) is 3.54. The average molecular weight is 245 g/mol. The minimum atomic E-state index is -0.524. The van der Waals surface area contributed by atoms with Crippen LogP contribution in [0.25, 0.3) is 20.8 Å². The van der Waals surface area contributed by atoms with Crippen molar-refractivity contribution in [3.63, 3.8) is 0 Å². The molecular weight excluding hydrogens is 238 g/mol. The molecule has 2 aromatic heterocycles. The molecule has 0 amide bonds. The van der Waals surface area contributed by atoms with Crippen molar-refractivity contribution in [2.75, 3.05) is 0 Å². The van der Waals surface area contributed by atoms with Crippen molar-refractivity contribution in [3.05, 3.63) is 42.5 Å². The normalized spacial score (nSPS) is 10.9. The number of aromatic hydroxyl groups is 1. The Balaban J connectivity index is 2.18. The van der Waals surface area contributed by atoms with Crippen molar-refractivity contribution < 1.29 is 9.50 Å². The van der Waals surface area contributed by atoms with Crippen LogP contribution < -0.4 is 0 Å². The summed E-state index contributed by atoms with van der Waals surface area (Å²) in [5.41, 5.74) is 1.48. The zero-order valence-corrected chi connectivity index (χ0v) is 9.41. The lowest BCUT2D eigenvalue weighted by Gasteiger charge is -1.93. The molecule has 0 saturated carbocycles. The average Bonchev–Trinajstić information content (AvgIpc) is 2.72. The molecule has 0 aliphatic carbocycles. The topological polar surface area (TPSA) is 46.0 Å². The zero-order chi connectivity index (χ0) is 11.8. The summed E-state index contributed by atoms with van der Waals surface area (Å²) >= 11 is 1.41. The smallest absolute Gasteiger partial charge is 0.213 e. The fourth-order valence-corrected chi connectivity index (χ4v) is 2.57. The molecule has 2 heterocycles. The van der Waals surface area contributed by atoms with E-state index in [1.807, 2.05) is 0 Å². The second-order valence-corrected chi connectivity index (χ2v) is 4.57. The van der Waals surface area contributed by atoms with Gasteiger partial charge >= 0.3 is 0 Å². The quantitative estimate of drug-likeness (QED) is 0.670. The van der Waals surface area contributed by atoms with E-state index in [-0.39, 0.29) is 5.75 Å². The maximum Gasteiger partial charge on any atom is 0.213 e. The van der Waals surface area contributed by atoms with Crippen LogP contribution in [0.5, 0.6) is 5.75 Å². The van der Waals surface area contributed by atoms with Crippen LogP contribution in [0.2, 0.25) is 0 Å². The summed E-state index contributed by atoms with van der Waals surface area (Å²) < 4.78 is 13.9. The summed E-state index contributed by atoms with van der Waals surface area (Å²) in [5.74, 6) is -0.321. The van der Waals surface area contributed by atoms with E-state index in [1.54, 1.807) is 24.3 Å². The highest BCUT2D eigenvalue weighted by atomic mass is 32.1. The van der Waals surface area contributed by atoms with Crippen LogP contribution in [-0.2, 0) is 0 Å². The van der Waals surface area contributed by atoms with Crippen molar-refractivity contribution in [3.8, 4) is 16.3 Å². The van der Waals surface area contributed by atoms with E-state index in [9.17, 15) is 9.50 Å². The Bertz CT molecular complexity index is 696. The number of phenols is 1. The number of benzene rings is 1. The summed E-state index contributed by atoms with van der Waals surface area (Å²) in [6.45, 7) is 0. The Labute approximate surface area is 100 Å². The molecule has 0 aliphatic heterocycles. The van der Waals surface area contributed by atoms with Gasteiger partial charge in [0.2, 0.25) is 5.95 Å². The Kier molecular flexibility index (Phi) is 2.26. The van der Waals surface area contributed by atoms with Gasteiger partial charge in [-0.3, -0.25) is 0 Å². The molecule has 0 saturated heterocycles. The van der Waals surface area contributed by atoms with Crippen molar-refractivity contribution in [1.82, 2.24) is 9.97 Å². The van der Waals surface area contributed by atoms with E-state index in [2.05, 4.69) is 9.97 Å². The van der Waals surface area contributed by atoms with Gasteiger partial charge in [-0.25, -0.2) is 9.97 Å². The van der Waals surface area contributed by atoms with Crippen LogP contribution in [0, 0.1) is 5.95 Å². The van der Waals surface area contributed by atoms with E-state index in [0.717, 1.165) is 10.2 Å². The highest BCUT2D eigenvalue weighted by molar-refractivity contribution is 7.21. The SMILES string of the molecule is Oc1ccc2nc(-c3ccnc([18F])c3)sc2c1. The number of halogens is 1. The van der Waals surface area contributed by atoms with Gasteiger partial charge in [0.25, 0.3) is 0 Å². The van der Waals surface area contributed by atoms with Gasteiger partial charge in [0.15, 0.2) is 0 Å². The van der Waals surface area contributed by atoms with Crippen molar-refractivity contribution >= 4 is 21.6 Å². The Morgan fingerprint density at radius 1 is 1.18 bits per heavy atom. The van der Waals surface area contributed by atoms with Gasteiger partial charge < -0.3 is 5.11 Å². The number of fused-ring (bicyclic) bond motifs is 1. The fourth-order valence-electron chi connectivity index (χ4n) is 1.57. The molecular formula is C12H7FN2OS. The zero-order valence-electron chi connectivity index (χ0n) is 8.59. The lowest BCUT2D eigenvalue weighted by Crippen LogP contribution is -1.82. The summed E-state index contributed by atoms with van der Waals surface area (Å²) in [5, 5.41) is 10.1. The van der Waals surface area contributed by atoms with E-state index in [0.29, 0.717) is 10.6 Å².